The first-order valence-corrected chi connectivity index (χ1v) is 10.6. The number of H-pyrrole nitrogens is 1. The summed E-state index contributed by atoms with van der Waals surface area (Å²) in [5.41, 5.74) is 1.14. The number of thiol groups is 1. The van der Waals surface area contributed by atoms with E-state index in [9.17, 15) is 5.11 Å². The van der Waals surface area contributed by atoms with Gasteiger partial charge < -0.3 is 19.6 Å². The van der Waals surface area contributed by atoms with Crippen LogP contribution in [0.15, 0.2) is 46.4 Å². The smallest absolute Gasteiger partial charge is 0.219 e. The van der Waals surface area contributed by atoms with E-state index < -0.39 is 5.60 Å². The van der Waals surface area contributed by atoms with Crippen molar-refractivity contribution < 1.29 is 14.6 Å². The number of nitrogens with one attached hydrogen (secondary N) is 1. The van der Waals surface area contributed by atoms with Crippen molar-refractivity contribution in [3.63, 3.8) is 0 Å². The van der Waals surface area contributed by atoms with E-state index in [2.05, 4.69) is 27.6 Å². The highest BCUT2D eigenvalue weighted by molar-refractivity contribution is 8.15. The zero-order valence-electron chi connectivity index (χ0n) is 16.5. The molecule has 0 amide bonds. The van der Waals surface area contributed by atoms with Crippen molar-refractivity contribution in [2.24, 2.45) is 4.99 Å². The number of pyridine rings is 1. The number of methoxy groups -OCH3 is 1. The summed E-state index contributed by atoms with van der Waals surface area (Å²) in [7, 11) is 1.63. The van der Waals surface area contributed by atoms with Crippen LogP contribution in [0.25, 0.3) is 10.9 Å². The molecule has 152 valence electrons. The first kappa shape index (κ1) is 20.1. The fourth-order valence-corrected chi connectivity index (χ4v) is 4.78. The summed E-state index contributed by atoms with van der Waals surface area (Å²) in [4.78, 5) is 13.1. The largest absolute Gasteiger partial charge is 0.494 e. The van der Waals surface area contributed by atoms with E-state index in [4.69, 9.17) is 9.47 Å². The van der Waals surface area contributed by atoms with E-state index in [1.165, 1.54) is 0 Å². The number of aromatic nitrogens is 2. The van der Waals surface area contributed by atoms with Crippen LogP contribution in [0.3, 0.4) is 0 Å². The Bertz CT molecular complexity index is 1060. The Hall–Kier alpha value is -2.16. The highest BCUT2D eigenvalue weighted by atomic mass is 32.2. The summed E-state index contributed by atoms with van der Waals surface area (Å²) in [6.45, 7) is 4.37. The molecule has 1 unspecified atom stereocenters. The fraction of sp³-hybridized carbons (Fsp3) is 0.333. The third-order valence-electron chi connectivity index (χ3n) is 4.50. The molecule has 0 fully saturated rings. The van der Waals surface area contributed by atoms with Crippen molar-refractivity contribution in [3.8, 4) is 17.4 Å². The molecule has 3 heterocycles. The summed E-state index contributed by atoms with van der Waals surface area (Å²) in [5.74, 6) is 1.82. The predicted octanol–water partition coefficient (Wildman–Crippen LogP) is 4.68. The van der Waals surface area contributed by atoms with Gasteiger partial charge in [0.2, 0.25) is 5.88 Å². The van der Waals surface area contributed by atoms with Crippen LogP contribution in [-0.2, 0) is 0 Å². The topological polar surface area (TPSA) is 79.7 Å². The number of benzene rings is 1. The Morgan fingerprint density at radius 2 is 2.14 bits per heavy atom. The second-order valence-electron chi connectivity index (χ2n) is 7.63. The van der Waals surface area contributed by atoms with Gasteiger partial charge >= 0.3 is 0 Å². The average molecular weight is 430 g/mol. The molecule has 8 heteroatoms. The molecule has 2 aromatic heterocycles. The van der Waals surface area contributed by atoms with Crippen LogP contribution >= 0.6 is 24.4 Å². The summed E-state index contributed by atoms with van der Waals surface area (Å²) in [6, 6.07) is 9.43. The number of aromatic amines is 1. The maximum atomic E-state index is 10.1. The highest BCUT2D eigenvalue weighted by Crippen LogP contribution is 2.36. The highest BCUT2D eigenvalue weighted by Gasteiger charge is 2.27. The van der Waals surface area contributed by atoms with Gasteiger partial charge in [0.05, 0.1) is 30.5 Å². The Balaban J connectivity index is 1.59. The molecule has 4 rings (SSSR count). The minimum Gasteiger partial charge on any atom is -0.494 e. The van der Waals surface area contributed by atoms with Crippen LogP contribution in [-0.4, -0.2) is 44.6 Å². The van der Waals surface area contributed by atoms with Crippen LogP contribution in [0.1, 0.15) is 26.0 Å². The molecule has 0 radical (unpaired) electrons. The van der Waals surface area contributed by atoms with E-state index in [0.717, 1.165) is 26.5 Å². The Morgan fingerprint density at radius 3 is 2.83 bits per heavy atom. The van der Waals surface area contributed by atoms with E-state index in [-0.39, 0.29) is 5.25 Å². The lowest BCUT2D eigenvalue weighted by molar-refractivity contribution is 0.0714. The van der Waals surface area contributed by atoms with Crippen LogP contribution in [0, 0.1) is 0 Å². The molecule has 1 atom stereocenters. The zero-order chi connectivity index (χ0) is 20.6. The van der Waals surface area contributed by atoms with E-state index in [0.29, 0.717) is 30.3 Å². The van der Waals surface area contributed by atoms with Gasteiger partial charge in [-0.15, -0.1) is 12.6 Å². The van der Waals surface area contributed by atoms with Crippen molar-refractivity contribution in [2.75, 3.05) is 13.7 Å². The Labute approximate surface area is 179 Å². The quantitative estimate of drug-likeness (QED) is 0.496. The number of ether oxygens (including phenoxy) is 2. The number of aliphatic imine (C=N–C) groups is 1. The van der Waals surface area contributed by atoms with Crippen LogP contribution in [0.2, 0.25) is 0 Å². The molecule has 1 aromatic carbocycles. The number of hydrogen-bond donors (Lipinski definition) is 3. The van der Waals surface area contributed by atoms with Gasteiger partial charge in [-0.2, -0.15) is 0 Å². The molecule has 1 aliphatic heterocycles. The fourth-order valence-electron chi connectivity index (χ4n) is 3.30. The van der Waals surface area contributed by atoms with Crippen molar-refractivity contribution in [1.82, 2.24) is 9.97 Å². The second-order valence-corrected chi connectivity index (χ2v) is 9.44. The molecule has 2 N–H and O–H groups in total. The lowest BCUT2D eigenvalue weighted by Gasteiger charge is -2.20. The van der Waals surface area contributed by atoms with Crippen LogP contribution in [0.4, 0.5) is 0 Å². The molecule has 0 bridgehead atoms. The van der Waals surface area contributed by atoms with E-state index in [1.807, 2.05) is 38.1 Å². The van der Waals surface area contributed by atoms with Gasteiger partial charge in [0.1, 0.15) is 16.5 Å². The zero-order valence-corrected chi connectivity index (χ0v) is 18.2. The summed E-state index contributed by atoms with van der Waals surface area (Å²) in [5, 5.41) is 12.3. The Kier molecular flexibility index (Phi) is 5.50. The van der Waals surface area contributed by atoms with Gasteiger partial charge in [0.15, 0.2) is 0 Å². The van der Waals surface area contributed by atoms with Crippen molar-refractivity contribution in [1.29, 1.82) is 0 Å². The number of hydrogen-bond acceptors (Lipinski definition) is 7. The van der Waals surface area contributed by atoms with Crippen molar-refractivity contribution in [3.05, 3.63) is 42.2 Å². The number of thioether (sulfide) groups is 1. The molecule has 0 saturated heterocycles. The molecule has 29 heavy (non-hydrogen) atoms. The first-order valence-electron chi connectivity index (χ1n) is 9.28. The maximum Gasteiger partial charge on any atom is 0.219 e. The summed E-state index contributed by atoms with van der Waals surface area (Å²) < 4.78 is 11.5. The molecule has 3 aromatic rings. The normalized spacial score (nSPS) is 16.9. The first-order chi connectivity index (χ1) is 13.8. The average Bonchev–Trinajstić information content (AvgIpc) is 3.28. The molecule has 0 spiro atoms. The van der Waals surface area contributed by atoms with E-state index in [1.54, 1.807) is 31.1 Å². The molecule has 0 saturated carbocycles. The molecule has 6 nitrogen and oxygen atoms in total. The van der Waals surface area contributed by atoms with Gasteiger partial charge in [-0.25, -0.2) is 4.98 Å². The van der Waals surface area contributed by atoms with Crippen LogP contribution in [0.5, 0.6) is 17.4 Å². The summed E-state index contributed by atoms with van der Waals surface area (Å²) in [6.07, 6.45) is 2.34. The summed E-state index contributed by atoms with van der Waals surface area (Å²) >= 11 is 5.94. The third-order valence-corrected chi connectivity index (χ3v) is 5.99. The van der Waals surface area contributed by atoms with Gasteiger partial charge in [-0.3, -0.25) is 4.99 Å². The van der Waals surface area contributed by atoms with Crippen LogP contribution < -0.4 is 9.47 Å². The minimum absolute atomic E-state index is 0.276. The molecular formula is C21H23N3O3S2. The predicted molar refractivity (Wildman–Crippen MR) is 120 cm³/mol. The molecule has 0 aliphatic carbocycles. The van der Waals surface area contributed by atoms with E-state index >= 15 is 0 Å². The maximum absolute atomic E-state index is 10.1. The molecular weight excluding hydrogens is 406 g/mol. The standard InChI is InChI=1S/C21H23N3O3S2/c1-21(2,25)9-15-11-23-20(29-15)16-7-12-6-13(8-17(26-3)19(12)24-16)27-18-5-4-14(28)10-22-18/h4-8,10,15,24-25,28H,9,11H2,1-3H3. The number of fused-ring (bicyclic) bond motifs is 1. The van der Waals surface area contributed by atoms with Crippen molar-refractivity contribution in [2.45, 2.75) is 36.0 Å². The van der Waals surface area contributed by atoms with Gasteiger partial charge in [0.25, 0.3) is 0 Å². The van der Waals surface area contributed by atoms with Gasteiger partial charge in [-0.05, 0) is 38.5 Å². The van der Waals surface area contributed by atoms with Gasteiger partial charge in [0, 0.05) is 33.9 Å². The monoisotopic (exact) mass is 429 g/mol. The SMILES string of the molecule is COc1cc(Oc2ccc(S)cn2)cc2cc(C3=NCC(CC(C)(C)O)S3)[nH]c12. The number of rotatable bonds is 6. The lowest BCUT2D eigenvalue weighted by atomic mass is 10.0. The van der Waals surface area contributed by atoms with Gasteiger partial charge in [-0.1, -0.05) is 11.8 Å². The third kappa shape index (κ3) is 4.71. The number of aliphatic hydroxyl groups is 1. The van der Waals surface area contributed by atoms with Crippen molar-refractivity contribution >= 4 is 40.3 Å². The Morgan fingerprint density at radius 1 is 1.31 bits per heavy atom. The molecule has 1 aliphatic rings. The second kappa shape index (κ2) is 7.93. The minimum atomic E-state index is -0.697. The number of nitrogens with zero attached hydrogens (tertiary/aromatic N) is 2. The lowest BCUT2D eigenvalue weighted by Crippen LogP contribution is -2.25.